The van der Waals surface area contributed by atoms with Gasteiger partial charge >= 0.3 is 0 Å². The van der Waals surface area contributed by atoms with Crippen molar-refractivity contribution in [2.24, 2.45) is 0 Å². The number of amides is 1. The van der Waals surface area contributed by atoms with Crippen LogP contribution in [0, 0.1) is 0 Å². The van der Waals surface area contributed by atoms with E-state index in [0.717, 1.165) is 20.8 Å². The van der Waals surface area contributed by atoms with Crippen molar-refractivity contribution in [3.05, 3.63) is 83.2 Å². The highest BCUT2D eigenvalue weighted by molar-refractivity contribution is 7.21. The average molecular weight is 427 g/mol. The molecular formula is C23H17N5O2S. The summed E-state index contributed by atoms with van der Waals surface area (Å²) in [5, 5.41) is 12.3. The van der Waals surface area contributed by atoms with Gasteiger partial charge in [0.1, 0.15) is 10.5 Å². The van der Waals surface area contributed by atoms with Gasteiger partial charge in [-0.2, -0.15) is 0 Å². The van der Waals surface area contributed by atoms with Crippen molar-refractivity contribution in [2.75, 3.05) is 5.32 Å². The highest BCUT2D eigenvalue weighted by Crippen LogP contribution is 2.34. The number of hydrogen-bond acceptors (Lipinski definition) is 6. The minimum absolute atomic E-state index is 0.0983. The first-order valence-electron chi connectivity index (χ1n) is 9.76. The lowest BCUT2D eigenvalue weighted by atomic mass is 10.2. The number of rotatable bonds is 5. The van der Waals surface area contributed by atoms with E-state index in [1.165, 1.54) is 4.68 Å². The molecule has 5 rings (SSSR count). The van der Waals surface area contributed by atoms with Gasteiger partial charge in [0.15, 0.2) is 0 Å². The van der Waals surface area contributed by atoms with Crippen molar-refractivity contribution in [3.8, 4) is 10.6 Å². The van der Waals surface area contributed by atoms with Crippen molar-refractivity contribution in [3.63, 3.8) is 0 Å². The topological polar surface area (TPSA) is 89.8 Å². The molecule has 0 saturated heterocycles. The normalized spacial score (nSPS) is 11.1. The number of aryl methyl sites for hydroxylation is 1. The molecule has 0 aliphatic heterocycles. The van der Waals surface area contributed by atoms with Crippen LogP contribution in [0.3, 0.4) is 0 Å². The molecule has 0 atom stereocenters. The van der Waals surface area contributed by atoms with Crippen LogP contribution in [0.2, 0.25) is 0 Å². The molecule has 0 fully saturated rings. The Balaban J connectivity index is 1.35. The maximum absolute atomic E-state index is 12.6. The second kappa shape index (κ2) is 8.08. The van der Waals surface area contributed by atoms with E-state index in [2.05, 4.69) is 20.6 Å². The Morgan fingerprint density at radius 3 is 2.55 bits per heavy atom. The van der Waals surface area contributed by atoms with Gasteiger partial charge in [0.05, 0.1) is 27.8 Å². The van der Waals surface area contributed by atoms with Crippen molar-refractivity contribution >= 4 is 44.1 Å². The van der Waals surface area contributed by atoms with Gasteiger partial charge < -0.3 is 5.32 Å². The fourth-order valence-electron chi connectivity index (χ4n) is 3.36. The summed E-state index contributed by atoms with van der Waals surface area (Å²) in [6, 6.07) is 22.5. The van der Waals surface area contributed by atoms with Gasteiger partial charge in [0.25, 0.3) is 5.56 Å². The zero-order chi connectivity index (χ0) is 21.2. The van der Waals surface area contributed by atoms with E-state index in [9.17, 15) is 9.59 Å². The minimum atomic E-state index is -0.256. The van der Waals surface area contributed by atoms with Crippen molar-refractivity contribution < 1.29 is 4.79 Å². The Hall–Kier alpha value is -3.91. The first-order chi connectivity index (χ1) is 15.2. The molecule has 0 radical (unpaired) electrons. The van der Waals surface area contributed by atoms with Crippen LogP contribution in [0.1, 0.15) is 6.42 Å². The van der Waals surface area contributed by atoms with Crippen molar-refractivity contribution in [1.29, 1.82) is 0 Å². The van der Waals surface area contributed by atoms with Crippen molar-refractivity contribution in [2.45, 2.75) is 13.0 Å². The third kappa shape index (κ3) is 3.80. The Labute approximate surface area is 181 Å². The number of carbonyl (C=O) groups is 1. The van der Waals surface area contributed by atoms with Gasteiger partial charge in [-0.25, -0.2) is 9.67 Å². The van der Waals surface area contributed by atoms with Crippen LogP contribution in [-0.4, -0.2) is 25.9 Å². The molecule has 0 spiro atoms. The molecule has 2 heterocycles. The van der Waals surface area contributed by atoms with Gasteiger partial charge in [-0.05, 0) is 36.4 Å². The summed E-state index contributed by atoms with van der Waals surface area (Å²) in [5.41, 5.74) is 2.76. The largest absolute Gasteiger partial charge is 0.325 e. The standard InChI is InChI=1S/C23H17N5O2S/c29-21(13-14-28-23(30)16-8-2-4-10-18(16)26-27-28)24-17-9-3-1-7-15(17)22-25-19-11-5-6-12-20(19)31-22/h1-12H,13-14H2,(H,24,29). The van der Waals surface area contributed by atoms with Gasteiger partial charge in [-0.3, -0.25) is 9.59 Å². The van der Waals surface area contributed by atoms with Crippen molar-refractivity contribution in [1.82, 2.24) is 20.0 Å². The third-order valence-corrected chi connectivity index (χ3v) is 5.98. The highest BCUT2D eigenvalue weighted by atomic mass is 32.1. The second-order valence-corrected chi connectivity index (χ2v) is 8.00. The number of para-hydroxylation sites is 2. The minimum Gasteiger partial charge on any atom is -0.325 e. The molecule has 31 heavy (non-hydrogen) atoms. The zero-order valence-electron chi connectivity index (χ0n) is 16.4. The summed E-state index contributed by atoms with van der Waals surface area (Å²) in [6.45, 7) is 0.145. The SMILES string of the molecule is O=C(CCn1nnc2ccccc2c1=O)Nc1ccccc1-c1nc2ccccc2s1. The highest BCUT2D eigenvalue weighted by Gasteiger charge is 2.13. The molecule has 0 bridgehead atoms. The molecular weight excluding hydrogens is 410 g/mol. The molecule has 2 aromatic heterocycles. The fraction of sp³-hybridized carbons (Fsp3) is 0.0870. The van der Waals surface area contributed by atoms with Crippen LogP contribution < -0.4 is 10.9 Å². The van der Waals surface area contributed by atoms with Gasteiger partial charge in [0, 0.05) is 12.0 Å². The summed E-state index contributed by atoms with van der Waals surface area (Å²) >= 11 is 1.58. The second-order valence-electron chi connectivity index (χ2n) is 6.97. The molecule has 1 amide bonds. The molecule has 152 valence electrons. The summed E-state index contributed by atoms with van der Waals surface area (Å²) in [5.74, 6) is -0.213. The number of benzene rings is 3. The molecule has 0 unspecified atom stereocenters. The van der Waals surface area contributed by atoms with Crippen LogP contribution in [0.25, 0.3) is 31.7 Å². The van der Waals surface area contributed by atoms with E-state index in [1.54, 1.807) is 35.6 Å². The Kier molecular flexibility index (Phi) is 4.97. The molecule has 8 heteroatoms. The molecule has 0 aliphatic carbocycles. The third-order valence-electron chi connectivity index (χ3n) is 4.91. The number of nitrogens with zero attached hydrogens (tertiary/aromatic N) is 4. The average Bonchev–Trinajstić information content (AvgIpc) is 3.23. The molecule has 3 aromatic carbocycles. The Morgan fingerprint density at radius 1 is 0.935 bits per heavy atom. The summed E-state index contributed by atoms with van der Waals surface area (Å²) in [7, 11) is 0. The Morgan fingerprint density at radius 2 is 1.68 bits per heavy atom. The summed E-state index contributed by atoms with van der Waals surface area (Å²) in [4.78, 5) is 29.9. The van der Waals surface area contributed by atoms with E-state index >= 15 is 0 Å². The fourth-order valence-corrected chi connectivity index (χ4v) is 4.36. The zero-order valence-corrected chi connectivity index (χ0v) is 17.2. The maximum Gasteiger partial charge on any atom is 0.277 e. The van der Waals surface area contributed by atoms with Crippen LogP contribution in [0.15, 0.2) is 77.6 Å². The first-order valence-corrected chi connectivity index (χ1v) is 10.6. The predicted octanol–water partition coefficient (Wildman–Crippen LogP) is 4.10. The summed E-state index contributed by atoms with van der Waals surface area (Å²) < 4.78 is 2.31. The Bertz CT molecular complexity index is 1440. The summed E-state index contributed by atoms with van der Waals surface area (Å²) in [6.07, 6.45) is 0.0983. The van der Waals surface area contributed by atoms with Gasteiger partial charge in [-0.1, -0.05) is 41.6 Å². The lowest BCUT2D eigenvalue weighted by molar-refractivity contribution is -0.116. The lowest BCUT2D eigenvalue weighted by Gasteiger charge is -2.10. The number of aromatic nitrogens is 4. The monoisotopic (exact) mass is 427 g/mol. The molecule has 1 N–H and O–H groups in total. The van der Waals surface area contributed by atoms with Crippen LogP contribution in [0.4, 0.5) is 5.69 Å². The molecule has 7 nitrogen and oxygen atoms in total. The maximum atomic E-state index is 12.6. The van der Waals surface area contributed by atoms with Crippen LogP contribution in [0.5, 0.6) is 0 Å². The number of carbonyl (C=O) groups excluding carboxylic acids is 1. The number of anilines is 1. The molecule has 0 saturated carbocycles. The van der Waals surface area contributed by atoms with E-state index in [1.807, 2.05) is 48.5 Å². The first kappa shape index (κ1) is 19.1. The van der Waals surface area contributed by atoms with E-state index in [0.29, 0.717) is 16.6 Å². The quantitative estimate of drug-likeness (QED) is 0.456. The van der Waals surface area contributed by atoms with E-state index in [-0.39, 0.29) is 24.4 Å². The molecule has 0 aliphatic rings. The number of fused-ring (bicyclic) bond motifs is 2. The van der Waals surface area contributed by atoms with Crippen LogP contribution >= 0.6 is 11.3 Å². The number of thiazole rings is 1. The van der Waals surface area contributed by atoms with E-state index < -0.39 is 0 Å². The molecule has 5 aromatic rings. The van der Waals surface area contributed by atoms with Gasteiger partial charge in [0.2, 0.25) is 5.91 Å². The number of hydrogen-bond donors (Lipinski definition) is 1. The van der Waals surface area contributed by atoms with Crippen LogP contribution in [-0.2, 0) is 11.3 Å². The lowest BCUT2D eigenvalue weighted by Crippen LogP contribution is -2.26. The smallest absolute Gasteiger partial charge is 0.277 e. The number of nitrogens with one attached hydrogen (secondary N) is 1. The van der Waals surface area contributed by atoms with E-state index in [4.69, 9.17) is 0 Å². The predicted molar refractivity (Wildman–Crippen MR) is 122 cm³/mol. The van der Waals surface area contributed by atoms with Gasteiger partial charge in [-0.15, -0.1) is 16.4 Å².